The predicted molar refractivity (Wildman–Crippen MR) is 108 cm³/mol. The fraction of sp³-hybridized carbons (Fsp3) is 0.500. The summed E-state index contributed by atoms with van der Waals surface area (Å²) in [6.45, 7) is 5.93. The first kappa shape index (κ1) is 18.2. The van der Waals surface area contributed by atoms with Gasteiger partial charge in [-0.3, -0.25) is 4.90 Å². The lowest BCUT2D eigenvalue weighted by atomic mass is 9.96. The van der Waals surface area contributed by atoms with Crippen molar-refractivity contribution >= 4 is 27.5 Å². The summed E-state index contributed by atoms with van der Waals surface area (Å²) in [5.41, 5.74) is 0. The number of benzene rings is 1. The van der Waals surface area contributed by atoms with Crippen LogP contribution in [0, 0.1) is 5.92 Å². The van der Waals surface area contributed by atoms with Gasteiger partial charge in [0.05, 0.1) is 0 Å². The molecule has 3 aliphatic rings. The molecular formula is C20H24BrClN2O2. The van der Waals surface area contributed by atoms with Crippen LogP contribution in [-0.4, -0.2) is 55.2 Å². The maximum Gasteiger partial charge on any atom is 0.163 e. The van der Waals surface area contributed by atoms with Crippen LogP contribution in [0.1, 0.15) is 12.8 Å². The number of likely N-dealkylation sites (tertiary alicyclic amines) is 1. The molecule has 4 rings (SSSR count). The molecule has 4 nitrogen and oxygen atoms in total. The van der Waals surface area contributed by atoms with Crippen LogP contribution in [0.25, 0.3) is 0 Å². The molecule has 1 aromatic carbocycles. The summed E-state index contributed by atoms with van der Waals surface area (Å²) in [5.74, 6) is 2.32. The number of allylic oxidation sites excluding steroid dienone is 2. The Kier molecular flexibility index (Phi) is 5.77. The summed E-state index contributed by atoms with van der Waals surface area (Å²) >= 11 is 9.62. The Morgan fingerprint density at radius 3 is 2.81 bits per heavy atom. The quantitative estimate of drug-likeness (QED) is 0.698. The normalized spacial score (nSPS) is 23.8. The van der Waals surface area contributed by atoms with E-state index in [1.807, 2.05) is 18.2 Å². The molecule has 1 fully saturated rings. The molecule has 140 valence electrons. The Balaban J connectivity index is 1.24. The molecule has 0 N–H and O–H groups in total. The maximum atomic E-state index is 6.10. The molecular weight excluding hydrogens is 416 g/mol. The van der Waals surface area contributed by atoms with E-state index in [1.54, 1.807) is 0 Å². The van der Waals surface area contributed by atoms with Gasteiger partial charge in [-0.25, -0.2) is 0 Å². The van der Waals surface area contributed by atoms with Crippen molar-refractivity contribution in [2.45, 2.75) is 18.9 Å². The van der Waals surface area contributed by atoms with Crippen molar-refractivity contribution in [2.75, 3.05) is 39.3 Å². The highest BCUT2D eigenvalue weighted by Crippen LogP contribution is 2.34. The van der Waals surface area contributed by atoms with Gasteiger partial charge < -0.3 is 14.4 Å². The number of hydrogen-bond donors (Lipinski definition) is 0. The van der Waals surface area contributed by atoms with Crippen molar-refractivity contribution in [3.63, 3.8) is 0 Å². The summed E-state index contributed by atoms with van der Waals surface area (Å²) in [6.07, 6.45) is 9.09. The molecule has 1 atom stereocenters. The van der Waals surface area contributed by atoms with Gasteiger partial charge in [0, 0.05) is 41.4 Å². The second-order valence-corrected chi connectivity index (χ2v) is 8.61. The fourth-order valence-corrected chi connectivity index (χ4v) is 4.49. The van der Waals surface area contributed by atoms with Crippen LogP contribution in [0.2, 0.25) is 5.02 Å². The zero-order valence-electron chi connectivity index (χ0n) is 14.7. The second kappa shape index (κ2) is 8.24. The molecule has 0 spiro atoms. The predicted octanol–water partition coefficient (Wildman–Crippen LogP) is 4.30. The molecule has 0 saturated carbocycles. The van der Waals surface area contributed by atoms with Crippen molar-refractivity contribution in [3.05, 3.63) is 46.1 Å². The van der Waals surface area contributed by atoms with Gasteiger partial charge in [0.1, 0.15) is 12.7 Å². The number of fused-ring (bicyclic) bond motifs is 1. The third-order valence-electron chi connectivity index (χ3n) is 5.21. The number of piperidine rings is 1. The van der Waals surface area contributed by atoms with Crippen LogP contribution in [0.5, 0.6) is 11.5 Å². The van der Waals surface area contributed by atoms with Crippen LogP contribution < -0.4 is 9.47 Å². The summed E-state index contributed by atoms with van der Waals surface area (Å²) in [4.78, 5) is 4.91. The minimum Gasteiger partial charge on any atom is -0.486 e. The highest BCUT2D eigenvalue weighted by Gasteiger charge is 2.27. The van der Waals surface area contributed by atoms with E-state index >= 15 is 0 Å². The standard InChI is InChI=1S/C20H24BrClN2O2/c21-16-2-1-7-24(12-16)11-15-5-8-23(9-6-15)13-18-14-25-19-4-3-17(22)10-20(19)26-18/h1-4,10,12,15,18H,5-9,11,13-14H2/t18-/m0/s1. The second-order valence-electron chi connectivity index (χ2n) is 7.26. The number of halogens is 2. The zero-order chi connectivity index (χ0) is 17.9. The number of rotatable bonds is 4. The zero-order valence-corrected chi connectivity index (χ0v) is 17.1. The topological polar surface area (TPSA) is 24.9 Å². The molecule has 1 aromatic rings. The van der Waals surface area contributed by atoms with Gasteiger partial charge in [-0.15, -0.1) is 0 Å². The molecule has 0 radical (unpaired) electrons. The van der Waals surface area contributed by atoms with Crippen LogP contribution >= 0.6 is 27.5 Å². The van der Waals surface area contributed by atoms with E-state index < -0.39 is 0 Å². The van der Waals surface area contributed by atoms with Gasteiger partial charge >= 0.3 is 0 Å². The average molecular weight is 440 g/mol. The molecule has 1 saturated heterocycles. The van der Waals surface area contributed by atoms with E-state index in [0.29, 0.717) is 11.6 Å². The lowest BCUT2D eigenvalue weighted by Crippen LogP contribution is -2.45. The van der Waals surface area contributed by atoms with E-state index in [2.05, 4.69) is 44.1 Å². The van der Waals surface area contributed by atoms with Gasteiger partial charge in [0.2, 0.25) is 0 Å². The van der Waals surface area contributed by atoms with Gasteiger partial charge in [-0.2, -0.15) is 0 Å². The number of nitrogens with zero attached hydrogens (tertiary/aromatic N) is 2. The van der Waals surface area contributed by atoms with Gasteiger partial charge in [0.15, 0.2) is 11.5 Å². The van der Waals surface area contributed by atoms with Crippen molar-refractivity contribution in [2.24, 2.45) is 5.92 Å². The summed E-state index contributed by atoms with van der Waals surface area (Å²) in [7, 11) is 0. The first-order valence-corrected chi connectivity index (χ1v) is 10.4. The van der Waals surface area contributed by atoms with Crippen LogP contribution in [0.3, 0.4) is 0 Å². The lowest BCUT2D eigenvalue weighted by molar-refractivity contribution is 0.0461. The molecule has 6 heteroatoms. The minimum atomic E-state index is 0.0728. The minimum absolute atomic E-state index is 0.0728. The Bertz CT molecular complexity index is 701. The summed E-state index contributed by atoms with van der Waals surface area (Å²) in [5, 5.41) is 0.682. The van der Waals surface area contributed by atoms with Crippen molar-refractivity contribution in [1.82, 2.24) is 9.80 Å². The molecule has 0 aromatic heterocycles. The molecule has 0 amide bonds. The van der Waals surface area contributed by atoms with Crippen molar-refractivity contribution in [3.8, 4) is 11.5 Å². The van der Waals surface area contributed by atoms with E-state index in [-0.39, 0.29) is 6.10 Å². The first-order valence-electron chi connectivity index (χ1n) is 9.25. The maximum absolute atomic E-state index is 6.10. The van der Waals surface area contributed by atoms with Crippen LogP contribution in [0.15, 0.2) is 41.0 Å². The fourth-order valence-electron chi connectivity index (χ4n) is 3.85. The van der Waals surface area contributed by atoms with E-state index in [9.17, 15) is 0 Å². The molecule has 0 bridgehead atoms. The third kappa shape index (κ3) is 4.56. The molecule has 0 unspecified atom stereocenters. The molecule has 3 aliphatic heterocycles. The van der Waals surface area contributed by atoms with Crippen LogP contribution in [-0.2, 0) is 0 Å². The van der Waals surface area contributed by atoms with Crippen molar-refractivity contribution in [1.29, 1.82) is 0 Å². The van der Waals surface area contributed by atoms with Gasteiger partial charge in [-0.05, 0) is 66.0 Å². The Labute approximate surface area is 168 Å². The Morgan fingerprint density at radius 1 is 1.15 bits per heavy atom. The summed E-state index contributed by atoms with van der Waals surface area (Å²) in [6, 6.07) is 5.55. The van der Waals surface area contributed by atoms with Crippen LogP contribution in [0.4, 0.5) is 0 Å². The highest BCUT2D eigenvalue weighted by molar-refractivity contribution is 9.11. The highest BCUT2D eigenvalue weighted by atomic mass is 79.9. The SMILES string of the molecule is Clc1ccc2c(c1)O[C@@H](CN1CCC(CN3C=C(Br)C=CC3)CC1)CO2. The summed E-state index contributed by atoms with van der Waals surface area (Å²) < 4.78 is 13.1. The van der Waals surface area contributed by atoms with Gasteiger partial charge in [-0.1, -0.05) is 17.7 Å². The van der Waals surface area contributed by atoms with Gasteiger partial charge in [0.25, 0.3) is 0 Å². The van der Waals surface area contributed by atoms with E-state index in [4.69, 9.17) is 21.1 Å². The van der Waals surface area contributed by atoms with Crippen molar-refractivity contribution < 1.29 is 9.47 Å². The number of hydrogen-bond acceptors (Lipinski definition) is 4. The third-order valence-corrected chi connectivity index (χ3v) is 5.91. The monoisotopic (exact) mass is 438 g/mol. The average Bonchev–Trinajstić information content (AvgIpc) is 2.63. The molecule has 26 heavy (non-hydrogen) atoms. The number of ether oxygens (including phenoxy) is 2. The Hall–Kier alpha value is -1.17. The molecule has 0 aliphatic carbocycles. The van der Waals surface area contributed by atoms with E-state index in [0.717, 1.165) is 54.6 Å². The molecule has 3 heterocycles. The van der Waals surface area contributed by atoms with E-state index in [1.165, 1.54) is 12.8 Å². The largest absolute Gasteiger partial charge is 0.486 e. The lowest BCUT2D eigenvalue weighted by Gasteiger charge is -2.37. The first-order chi connectivity index (χ1) is 12.7. The smallest absolute Gasteiger partial charge is 0.163 e. The Morgan fingerprint density at radius 2 is 2.00 bits per heavy atom.